The van der Waals surface area contributed by atoms with E-state index >= 15 is 0 Å². The number of carbonyl (C=O) groups is 1. The van der Waals surface area contributed by atoms with Crippen molar-refractivity contribution in [3.8, 4) is 11.5 Å². The van der Waals surface area contributed by atoms with Gasteiger partial charge in [-0.2, -0.15) is 0 Å². The summed E-state index contributed by atoms with van der Waals surface area (Å²) in [5, 5.41) is 0. The van der Waals surface area contributed by atoms with E-state index < -0.39 is 15.8 Å². The molecule has 0 bridgehead atoms. The summed E-state index contributed by atoms with van der Waals surface area (Å²) in [5.74, 6) is -0.440. The predicted octanol–water partition coefficient (Wildman–Crippen LogP) is 1.01. The van der Waals surface area contributed by atoms with Crippen molar-refractivity contribution in [2.75, 3.05) is 32.3 Å². The number of esters is 1. The maximum absolute atomic E-state index is 12.3. The molecule has 2 N–H and O–H groups in total. The second-order valence-electron chi connectivity index (χ2n) is 4.14. The molecule has 21 heavy (non-hydrogen) atoms. The number of ether oxygens (including phenoxy) is 3. The fraction of sp³-hybridized carbons (Fsp3) is 0.462. The maximum Gasteiger partial charge on any atom is 0.305 e. The van der Waals surface area contributed by atoms with Crippen LogP contribution in [0.25, 0.3) is 0 Å². The number of nitrogen functional groups attached to an aromatic ring is 1. The van der Waals surface area contributed by atoms with Crippen molar-refractivity contribution >= 4 is 21.5 Å². The van der Waals surface area contributed by atoms with Gasteiger partial charge in [0.2, 0.25) is 0 Å². The molecule has 118 valence electrons. The van der Waals surface area contributed by atoms with Crippen molar-refractivity contribution in [1.82, 2.24) is 0 Å². The Kier molecular flexibility index (Phi) is 5.83. The first-order chi connectivity index (χ1) is 9.85. The molecule has 8 heteroatoms. The van der Waals surface area contributed by atoms with E-state index in [1.807, 2.05) is 0 Å². The second kappa shape index (κ2) is 7.16. The van der Waals surface area contributed by atoms with Crippen molar-refractivity contribution in [3.63, 3.8) is 0 Å². The van der Waals surface area contributed by atoms with Crippen LogP contribution in [0.15, 0.2) is 17.0 Å². The number of nitrogens with two attached hydrogens (primary N) is 1. The number of methoxy groups -OCH3 is 2. The van der Waals surface area contributed by atoms with Crippen molar-refractivity contribution in [2.24, 2.45) is 0 Å². The van der Waals surface area contributed by atoms with E-state index in [2.05, 4.69) is 0 Å². The first kappa shape index (κ1) is 17.1. The molecule has 0 aliphatic rings. The molecule has 0 unspecified atom stereocenters. The average molecular weight is 317 g/mol. The molecule has 0 radical (unpaired) electrons. The van der Waals surface area contributed by atoms with Crippen LogP contribution in [0.1, 0.15) is 13.3 Å². The van der Waals surface area contributed by atoms with E-state index in [9.17, 15) is 13.2 Å². The molecule has 7 nitrogen and oxygen atoms in total. The molecule has 0 saturated carbocycles. The molecule has 0 fully saturated rings. The Bertz CT molecular complexity index is 611. The molecule has 0 saturated heterocycles. The molecular formula is C13H19NO6S. The van der Waals surface area contributed by atoms with Gasteiger partial charge in [0.25, 0.3) is 0 Å². The number of hydrogen-bond donors (Lipinski definition) is 1. The third-order valence-corrected chi connectivity index (χ3v) is 4.45. The molecule has 0 spiro atoms. The molecule has 0 aliphatic heterocycles. The molecule has 0 aromatic heterocycles. The highest BCUT2D eigenvalue weighted by atomic mass is 32.2. The van der Waals surface area contributed by atoms with E-state index in [-0.39, 0.29) is 40.9 Å². The van der Waals surface area contributed by atoms with Crippen LogP contribution >= 0.6 is 0 Å². The number of rotatable bonds is 7. The summed E-state index contributed by atoms with van der Waals surface area (Å²) < 4.78 is 39.4. The van der Waals surface area contributed by atoms with Gasteiger partial charge in [-0.15, -0.1) is 0 Å². The van der Waals surface area contributed by atoms with Gasteiger partial charge in [0, 0.05) is 18.6 Å². The molecule has 0 atom stereocenters. The molecule has 0 heterocycles. The molecule has 0 amide bonds. The second-order valence-corrected chi connectivity index (χ2v) is 6.22. The zero-order valence-electron chi connectivity index (χ0n) is 12.2. The topological polar surface area (TPSA) is 105 Å². The lowest BCUT2D eigenvalue weighted by Crippen LogP contribution is -2.16. The zero-order chi connectivity index (χ0) is 16.0. The Labute approximate surface area is 123 Å². The van der Waals surface area contributed by atoms with Gasteiger partial charge in [-0.05, 0) is 0 Å². The summed E-state index contributed by atoms with van der Waals surface area (Å²) in [5.41, 5.74) is 5.98. The molecular weight excluding hydrogens is 298 g/mol. The van der Waals surface area contributed by atoms with E-state index in [4.69, 9.17) is 19.9 Å². The van der Waals surface area contributed by atoms with Gasteiger partial charge < -0.3 is 19.9 Å². The number of carbonyl (C=O) groups excluding carboxylic acids is 1. The molecule has 0 aliphatic carbocycles. The van der Waals surface area contributed by atoms with Crippen molar-refractivity contribution in [1.29, 1.82) is 0 Å². The monoisotopic (exact) mass is 317 g/mol. The van der Waals surface area contributed by atoms with Gasteiger partial charge in [-0.3, -0.25) is 4.79 Å². The lowest BCUT2D eigenvalue weighted by molar-refractivity contribution is -0.142. The maximum atomic E-state index is 12.3. The van der Waals surface area contributed by atoms with E-state index in [0.29, 0.717) is 0 Å². The third-order valence-electron chi connectivity index (χ3n) is 2.75. The highest BCUT2D eigenvalue weighted by Crippen LogP contribution is 2.34. The summed E-state index contributed by atoms with van der Waals surface area (Å²) in [7, 11) is -0.963. The van der Waals surface area contributed by atoms with Gasteiger partial charge in [0.15, 0.2) is 9.84 Å². The Morgan fingerprint density at radius 2 is 1.81 bits per heavy atom. The van der Waals surface area contributed by atoms with Gasteiger partial charge >= 0.3 is 5.97 Å². The summed E-state index contributed by atoms with van der Waals surface area (Å²) in [6.45, 7) is 1.41. The number of hydrogen-bond acceptors (Lipinski definition) is 7. The van der Waals surface area contributed by atoms with Crippen LogP contribution < -0.4 is 15.2 Å². The minimum atomic E-state index is -3.69. The van der Waals surface area contributed by atoms with Gasteiger partial charge in [0.05, 0.1) is 25.7 Å². The lowest BCUT2D eigenvalue weighted by atomic mass is 10.3. The van der Waals surface area contributed by atoms with Gasteiger partial charge in [0.1, 0.15) is 23.0 Å². The normalized spacial score (nSPS) is 11.0. The lowest BCUT2D eigenvalue weighted by Gasteiger charge is -2.13. The van der Waals surface area contributed by atoms with Gasteiger partial charge in [-0.1, -0.05) is 6.92 Å². The Hall–Kier alpha value is -1.96. The minimum Gasteiger partial charge on any atom is -0.495 e. The predicted molar refractivity (Wildman–Crippen MR) is 77.3 cm³/mol. The third kappa shape index (κ3) is 4.25. The number of sulfone groups is 1. The van der Waals surface area contributed by atoms with Crippen molar-refractivity contribution < 1.29 is 27.4 Å². The largest absolute Gasteiger partial charge is 0.495 e. The Morgan fingerprint density at radius 1 is 1.19 bits per heavy atom. The smallest absolute Gasteiger partial charge is 0.305 e. The van der Waals surface area contributed by atoms with Crippen molar-refractivity contribution in [3.05, 3.63) is 12.1 Å². The standard InChI is InChI=1S/C13H19NO6S/c1-4-13(15)20-5-6-21(16,17)12-8-10(18-2)9(14)7-11(12)19-3/h7-8H,4-6,14H2,1-3H3. The minimum absolute atomic E-state index is 0.0522. The fourth-order valence-corrected chi connectivity index (χ4v) is 2.87. The zero-order valence-corrected chi connectivity index (χ0v) is 13.0. The van der Waals surface area contributed by atoms with Crippen LogP contribution in [-0.4, -0.2) is 41.0 Å². The van der Waals surface area contributed by atoms with Crippen molar-refractivity contribution in [2.45, 2.75) is 18.2 Å². The van der Waals surface area contributed by atoms with Crippen LogP contribution in [0.2, 0.25) is 0 Å². The fourth-order valence-electron chi connectivity index (χ4n) is 1.61. The highest BCUT2D eigenvalue weighted by Gasteiger charge is 2.22. The number of anilines is 1. The highest BCUT2D eigenvalue weighted by molar-refractivity contribution is 7.91. The first-order valence-corrected chi connectivity index (χ1v) is 7.90. The summed E-state index contributed by atoms with van der Waals surface area (Å²) in [4.78, 5) is 11.0. The summed E-state index contributed by atoms with van der Waals surface area (Å²) in [6.07, 6.45) is 0.194. The quantitative estimate of drug-likeness (QED) is 0.591. The van der Waals surface area contributed by atoms with E-state index in [1.54, 1.807) is 6.92 Å². The SMILES string of the molecule is CCC(=O)OCCS(=O)(=O)c1cc(OC)c(N)cc1OC. The molecule has 1 aromatic rings. The van der Waals surface area contributed by atoms with Crippen LogP contribution in [0, 0.1) is 0 Å². The Balaban J connectivity index is 3.04. The summed E-state index contributed by atoms with van der Waals surface area (Å²) >= 11 is 0. The van der Waals surface area contributed by atoms with Crippen LogP contribution in [0.3, 0.4) is 0 Å². The van der Waals surface area contributed by atoms with Crippen LogP contribution in [0.4, 0.5) is 5.69 Å². The van der Waals surface area contributed by atoms with Crippen LogP contribution in [-0.2, 0) is 19.4 Å². The van der Waals surface area contributed by atoms with E-state index in [0.717, 1.165) is 0 Å². The number of benzene rings is 1. The average Bonchev–Trinajstić information content (AvgIpc) is 2.46. The Morgan fingerprint density at radius 3 is 2.33 bits per heavy atom. The van der Waals surface area contributed by atoms with Crippen LogP contribution in [0.5, 0.6) is 11.5 Å². The molecule has 1 rings (SSSR count). The van der Waals surface area contributed by atoms with E-state index in [1.165, 1.54) is 26.4 Å². The van der Waals surface area contributed by atoms with Gasteiger partial charge in [-0.25, -0.2) is 8.42 Å². The molecule has 1 aromatic carbocycles. The first-order valence-electron chi connectivity index (χ1n) is 6.25. The summed E-state index contributed by atoms with van der Waals surface area (Å²) in [6, 6.07) is 2.68.